The number of esters is 2. The standard InChI is InChI=1S/C16H21N3O6/c1-6-24-15(20)11-9-13(19(22)23)12(8-10(3)18(4)5)17-14(11)16(21)25-7-2/h8-9H,6-7H2,1-5H3. The van der Waals surface area contributed by atoms with Crippen LogP contribution < -0.4 is 0 Å². The van der Waals surface area contributed by atoms with Gasteiger partial charge in [-0.2, -0.15) is 0 Å². The lowest BCUT2D eigenvalue weighted by atomic mass is 10.1. The highest BCUT2D eigenvalue weighted by Crippen LogP contribution is 2.24. The summed E-state index contributed by atoms with van der Waals surface area (Å²) in [5.41, 5.74) is -0.394. The second-order valence-electron chi connectivity index (χ2n) is 5.17. The zero-order chi connectivity index (χ0) is 19.1. The second kappa shape index (κ2) is 8.76. The van der Waals surface area contributed by atoms with Gasteiger partial charge in [-0.05, 0) is 26.8 Å². The first-order chi connectivity index (χ1) is 11.7. The molecular formula is C16H21N3O6. The van der Waals surface area contributed by atoms with E-state index in [9.17, 15) is 19.7 Å². The Morgan fingerprint density at radius 3 is 2.28 bits per heavy atom. The van der Waals surface area contributed by atoms with Crippen molar-refractivity contribution >= 4 is 23.7 Å². The van der Waals surface area contributed by atoms with Crippen molar-refractivity contribution in [2.24, 2.45) is 0 Å². The molecule has 1 rings (SSSR count). The Morgan fingerprint density at radius 1 is 1.24 bits per heavy atom. The highest BCUT2D eigenvalue weighted by molar-refractivity contribution is 6.02. The molecule has 0 aliphatic rings. The number of pyridine rings is 1. The van der Waals surface area contributed by atoms with Gasteiger partial charge < -0.3 is 14.4 Å². The number of carbonyl (C=O) groups is 2. The number of nitro groups is 1. The summed E-state index contributed by atoms with van der Waals surface area (Å²) in [5, 5.41) is 11.4. The minimum atomic E-state index is -0.874. The van der Waals surface area contributed by atoms with Crippen LogP contribution in [0.15, 0.2) is 11.8 Å². The Hall–Kier alpha value is -2.97. The second-order valence-corrected chi connectivity index (χ2v) is 5.17. The lowest BCUT2D eigenvalue weighted by Gasteiger charge is -2.13. The van der Waals surface area contributed by atoms with Crippen molar-refractivity contribution in [3.05, 3.63) is 38.8 Å². The van der Waals surface area contributed by atoms with E-state index in [1.807, 2.05) is 0 Å². The zero-order valence-corrected chi connectivity index (χ0v) is 14.9. The molecule has 136 valence electrons. The van der Waals surface area contributed by atoms with Gasteiger partial charge in [-0.3, -0.25) is 10.1 Å². The van der Waals surface area contributed by atoms with E-state index < -0.39 is 22.5 Å². The molecule has 1 aromatic heterocycles. The molecule has 0 aromatic carbocycles. The molecule has 0 radical (unpaired) electrons. The minimum Gasteiger partial charge on any atom is -0.462 e. The van der Waals surface area contributed by atoms with E-state index in [4.69, 9.17) is 9.47 Å². The fourth-order valence-electron chi connectivity index (χ4n) is 1.82. The normalized spacial score (nSPS) is 11.0. The van der Waals surface area contributed by atoms with Crippen LogP contribution in [0.3, 0.4) is 0 Å². The Balaban J connectivity index is 3.65. The maximum Gasteiger partial charge on any atom is 0.357 e. The molecule has 0 aliphatic carbocycles. The van der Waals surface area contributed by atoms with E-state index in [1.165, 1.54) is 6.08 Å². The third kappa shape index (κ3) is 5.00. The SMILES string of the molecule is CCOC(=O)c1cc([N+](=O)[O-])c(C=C(C)N(C)C)nc1C(=O)OCC. The molecule has 0 saturated carbocycles. The van der Waals surface area contributed by atoms with Crippen LogP contribution >= 0.6 is 0 Å². The molecule has 0 saturated heterocycles. The first-order valence-electron chi connectivity index (χ1n) is 7.62. The molecule has 9 nitrogen and oxygen atoms in total. The molecule has 0 bridgehead atoms. The van der Waals surface area contributed by atoms with Crippen LogP contribution in [0.4, 0.5) is 5.69 Å². The number of rotatable bonds is 7. The van der Waals surface area contributed by atoms with Gasteiger partial charge in [0.05, 0.1) is 23.7 Å². The zero-order valence-electron chi connectivity index (χ0n) is 14.9. The summed E-state index contributed by atoms with van der Waals surface area (Å²) in [6, 6.07) is 0.992. The molecule has 0 aliphatic heterocycles. The lowest BCUT2D eigenvalue weighted by Crippen LogP contribution is -2.18. The predicted octanol–water partition coefficient (Wildman–Crippen LogP) is 2.27. The quantitative estimate of drug-likeness (QED) is 0.418. The molecule has 1 aromatic rings. The van der Waals surface area contributed by atoms with Crippen molar-refractivity contribution in [2.75, 3.05) is 27.3 Å². The van der Waals surface area contributed by atoms with Gasteiger partial charge in [-0.15, -0.1) is 0 Å². The molecule has 25 heavy (non-hydrogen) atoms. The van der Waals surface area contributed by atoms with Gasteiger partial charge in [-0.25, -0.2) is 14.6 Å². The number of hydrogen-bond acceptors (Lipinski definition) is 8. The fraction of sp³-hybridized carbons (Fsp3) is 0.438. The fourth-order valence-corrected chi connectivity index (χ4v) is 1.82. The average molecular weight is 351 g/mol. The summed E-state index contributed by atoms with van der Waals surface area (Å²) in [5.74, 6) is -1.72. The number of hydrogen-bond donors (Lipinski definition) is 0. The van der Waals surface area contributed by atoms with E-state index in [-0.39, 0.29) is 30.2 Å². The van der Waals surface area contributed by atoms with E-state index in [2.05, 4.69) is 4.98 Å². The largest absolute Gasteiger partial charge is 0.462 e. The maximum atomic E-state index is 12.1. The first kappa shape index (κ1) is 20.1. The third-order valence-corrected chi connectivity index (χ3v) is 3.24. The molecule has 0 unspecified atom stereocenters. The van der Waals surface area contributed by atoms with Crippen LogP contribution in [-0.4, -0.2) is 54.1 Å². The van der Waals surface area contributed by atoms with Gasteiger partial charge in [-0.1, -0.05) is 0 Å². The number of allylic oxidation sites excluding steroid dienone is 1. The summed E-state index contributed by atoms with van der Waals surface area (Å²) in [6.07, 6.45) is 1.45. The van der Waals surface area contributed by atoms with E-state index in [0.717, 1.165) is 6.07 Å². The van der Waals surface area contributed by atoms with E-state index in [0.29, 0.717) is 5.70 Å². The molecule has 0 atom stereocenters. The Bertz CT molecular complexity index is 712. The molecule has 1 heterocycles. The van der Waals surface area contributed by atoms with Crippen LogP contribution in [0.25, 0.3) is 6.08 Å². The third-order valence-electron chi connectivity index (χ3n) is 3.24. The molecule has 0 spiro atoms. The Labute approximate surface area is 145 Å². The molecule has 0 fully saturated rings. The maximum absolute atomic E-state index is 12.1. The van der Waals surface area contributed by atoms with E-state index >= 15 is 0 Å². The van der Waals surface area contributed by atoms with Crippen LogP contribution in [-0.2, 0) is 9.47 Å². The number of aromatic nitrogens is 1. The van der Waals surface area contributed by atoms with Gasteiger partial charge in [0.15, 0.2) is 5.69 Å². The number of ether oxygens (including phenoxy) is 2. The highest BCUT2D eigenvalue weighted by atomic mass is 16.6. The predicted molar refractivity (Wildman–Crippen MR) is 90.1 cm³/mol. The van der Waals surface area contributed by atoms with Crippen molar-refractivity contribution in [1.82, 2.24) is 9.88 Å². The number of carbonyl (C=O) groups excluding carboxylic acids is 2. The minimum absolute atomic E-state index is 0.0488. The van der Waals surface area contributed by atoms with Crippen LogP contribution in [0.5, 0.6) is 0 Å². The lowest BCUT2D eigenvalue weighted by molar-refractivity contribution is -0.385. The van der Waals surface area contributed by atoms with Crippen LogP contribution in [0.2, 0.25) is 0 Å². The van der Waals surface area contributed by atoms with Gasteiger partial charge in [0, 0.05) is 25.9 Å². The Kier molecular flexibility index (Phi) is 7.04. The monoisotopic (exact) mass is 351 g/mol. The van der Waals surface area contributed by atoms with Gasteiger partial charge >= 0.3 is 11.9 Å². The summed E-state index contributed by atoms with van der Waals surface area (Å²) >= 11 is 0. The molecule has 0 N–H and O–H groups in total. The van der Waals surface area contributed by atoms with Crippen molar-refractivity contribution in [3.63, 3.8) is 0 Å². The summed E-state index contributed by atoms with van der Waals surface area (Å²) in [4.78, 5) is 40.7. The Morgan fingerprint density at radius 2 is 1.80 bits per heavy atom. The van der Waals surface area contributed by atoms with Gasteiger partial charge in [0.25, 0.3) is 5.69 Å². The van der Waals surface area contributed by atoms with Crippen molar-refractivity contribution in [2.45, 2.75) is 20.8 Å². The van der Waals surface area contributed by atoms with Crippen LogP contribution in [0, 0.1) is 10.1 Å². The first-order valence-corrected chi connectivity index (χ1v) is 7.62. The van der Waals surface area contributed by atoms with Crippen molar-refractivity contribution in [1.29, 1.82) is 0 Å². The summed E-state index contributed by atoms with van der Waals surface area (Å²) in [6.45, 7) is 5.04. The highest BCUT2D eigenvalue weighted by Gasteiger charge is 2.27. The topological polar surface area (TPSA) is 112 Å². The number of nitrogens with zero attached hydrogens (tertiary/aromatic N) is 3. The van der Waals surface area contributed by atoms with E-state index in [1.54, 1.807) is 39.8 Å². The van der Waals surface area contributed by atoms with Crippen molar-refractivity contribution < 1.29 is 24.0 Å². The molecular weight excluding hydrogens is 330 g/mol. The smallest absolute Gasteiger partial charge is 0.357 e. The average Bonchev–Trinajstić information content (AvgIpc) is 2.54. The summed E-state index contributed by atoms with van der Waals surface area (Å²) < 4.78 is 9.75. The molecule has 9 heteroatoms. The van der Waals surface area contributed by atoms with Crippen LogP contribution in [0.1, 0.15) is 47.3 Å². The van der Waals surface area contributed by atoms with Gasteiger partial charge in [0.2, 0.25) is 0 Å². The summed E-state index contributed by atoms with van der Waals surface area (Å²) in [7, 11) is 3.52. The molecule has 0 amide bonds. The van der Waals surface area contributed by atoms with Gasteiger partial charge in [0.1, 0.15) is 5.69 Å². The van der Waals surface area contributed by atoms with Crippen molar-refractivity contribution in [3.8, 4) is 0 Å².